The second-order valence-electron chi connectivity index (χ2n) is 3.24. The molecule has 1 rings (SSSR count). The van der Waals surface area contributed by atoms with Crippen molar-refractivity contribution in [2.45, 2.75) is 38.7 Å². The molecular formula is C9H16O2. The van der Waals surface area contributed by atoms with Gasteiger partial charge in [0.2, 0.25) is 0 Å². The minimum absolute atomic E-state index is 0.652. The van der Waals surface area contributed by atoms with Crippen LogP contribution in [0.3, 0.4) is 0 Å². The molecule has 0 aromatic rings. The van der Waals surface area contributed by atoms with Crippen LogP contribution in [0.1, 0.15) is 33.1 Å². The monoisotopic (exact) mass is 156 g/mol. The molecule has 64 valence electrons. The van der Waals surface area contributed by atoms with Gasteiger partial charge >= 0.3 is 0 Å². The summed E-state index contributed by atoms with van der Waals surface area (Å²) in [5.74, 6) is 0. The predicted octanol–water partition coefficient (Wildman–Crippen LogP) is 1.84. The van der Waals surface area contributed by atoms with Gasteiger partial charge in [0.15, 0.2) is 0 Å². The lowest BCUT2D eigenvalue weighted by Crippen LogP contribution is -2.27. The van der Waals surface area contributed by atoms with Gasteiger partial charge in [-0.25, -0.2) is 0 Å². The van der Waals surface area contributed by atoms with Crippen molar-refractivity contribution in [3.8, 4) is 0 Å². The SMILES string of the molecule is CCC(C)(O)C1=COCCC1. The van der Waals surface area contributed by atoms with E-state index in [0.717, 1.165) is 31.4 Å². The van der Waals surface area contributed by atoms with E-state index in [2.05, 4.69) is 0 Å². The highest BCUT2D eigenvalue weighted by atomic mass is 16.5. The number of hydrogen-bond donors (Lipinski definition) is 1. The summed E-state index contributed by atoms with van der Waals surface area (Å²) in [5, 5.41) is 9.80. The van der Waals surface area contributed by atoms with Crippen molar-refractivity contribution < 1.29 is 9.84 Å². The first-order valence-electron chi connectivity index (χ1n) is 4.20. The number of aliphatic hydroxyl groups is 1. The third kappa shape index (κ3) is 1.96. The van der Waals surface area contributed by atoms with Gasteiger partial charge in [0.05, 0.1) is 18.5 Å². The van der Waals surface area contributed by atoms with Gasteiger partial charge in [0.1, 0.15) is 0 Å². The van der Waals surface area contributed by atoms with Crippen LogP contribution in [0.25, 0.3) is 0 Å². The maximum atomic E-state index is 9.80. The van der Waals surface area contributed by atoms with Crippen LogP contribution in [0, 0.1) is 0 Å². The second kappa shape index (κ2) is 3.26. The van der Waals surface area contributed by atoms with Crippen molar-refractivity contribution in [3.63, 3.8) is 0 Å². The van der Waals surface area contributed by atoms with Crippen molar-refractivity contribution in [1.82, 2.24) is 0 Å². The van der Waals surface area contributed by atoms with Crippen LogP contribution in [0.4, 0.5) is 0 Å². The van der Waals surface area contributed by atoms with E-state index in [1.807, 2.05) is 13.8 Å². The van der Waals surface area contributed by atoms with E-state index in [9.17, 15) is 5.11 Å². The van der Waals surface area contributed by atoms with Crippen LogP contribution in [-0.2, 0) is 4.74 Å². The van der Waals surface area contributed by atoms with Gasteiger partial charge in [-0.05, 0) is 31.8 Å². The Morgan fingerprint density at radius 2 is 2.45 bits per heavy atom. The largest absolute Gasteiger partial charge is 0.501 e. The van der Waals surface area contributed by atoms with Crippen LogP contribution in [0.2, 0.25) is 0 Å². The molecule has 0 saturated carbocycles. The zero-order valence-corrected chi connectivity index (χ0v) is 7.26. The lowest BCUT2D eigenvalue weighted by Gasteiger charge is -2.27. The van der Waals surface area contributed by atoms with Crippen molar-refractivity contribution in [1.29, 1.82) is 0 Å². The summed E-state index contributed by atoms with van der Waals surface area (Å²) in [5.41, 5.74) is 0.381. The van der Waals surface area contributed by atoms with Gasteiger partial charge in [-0.3, -0.25) is 0 Å². The molecule has 1 atom stereocenters. The molecule has 0 spiro atoms. The minimum Gasteiger partial charge on any atom is -0.501 e. The van der Waals surface area contributed by atoms with Crippen LogP contribution < -0.4 is 0 Å². The molecule has 0 amide bonds. The van der Waals surface area contributed by atoms with Crippen LogP contribution in [0.15, 0.2) is 11.8 Å². The standard InChI is InChI=1S/C9H16O2/c1-3-9(2,10)8-5-4-6-11-7-8/h7,10H,3-6H2,1-2H3. The molecule has 1 N–H and O–H groups in total. The fourth-order valence-corrected chi connectivity index (χ4v) is 1.19. The van der Waals surface area contributed by atoms with Gasteiger partial charge < -0.3 is 9.84 Å². The molecule has 0 fully saturated rings. The van der Waals surface area contributed by atoms with Crippen LogP contribution >= 0.6 is 0 Å². The molecule has 0 bridgehead atoms. The van der Waals surface area contributed by atoms with Gasteiger partial charge in [-0.2, -0.15) is 0 Å². The molecule has 1 heterocycles. The molecule has 2 nitrogen and oxygen atoms in total. The van der Waals surface area contributed by atoms with Crippen molar-refractivity contribution in [2.75, 3.05) is 6.61 Å². The van der Waals surface area contributed by atoms with E-state index in [-0.39, 0.29) is 0 Å². The topological polar surface area (TPSA) is 29.5 Å². The Morgan fingerprint density at radius 1 is 1.73 bits per heavy atom. The first-order valence-corrected chi connectivity index (χ1v) is 4.20. The van der Waals surface area contributed by atoms with E-state index >= 15 is 0 Å². The molecule has 0 radical (unpaired) electrons. The molecule has 0 aliphatic carbocycles. The third-order valence-electron chi connectivity index (χ3n) is 2.31. The first kappa shape index (κ1) is 8.60. The second-order valence-corrected chi connectivity index (χ2v) is 3.24. The first-order chi connectivity index (χ1) is 5.17. The Labute approximate surface area is 67.9 Å². The summed E-state index contributed by atoms with van der Waals surface area (Å²) >= 11 is 0. The third-order valence-corrected chi connectivity index (χ3v) is 2.31. The van der Waals surface area contributed by atoms with E-state index in [1.165, 1.54) is 0 Å². The average Bonchev–Trinajstić information content (AvgIpc) is 2.06. The Hall–Kier alpha value is -0.500. The van der Waals surface area contributed by atoms with Crippen molar-refractivity contribution in [3.05, 3.63) is 11.8 Å². The van der Waals surface area contributed by atoms with E-state index in [0.29, 0.717) is 0 Å². The molecule has 1 aliphatic rings. The smallest absolute Gasteiger partial charge is 0.0876 e. The minimum atomic E-state index is -0.652. The van der Waals surface area contributed by atoms with Crippen LogP contribution in [0.5, 0.6) is 0 Å². The summed E-state index contributed by atoms with van der Waals surface area (Å²) in [6, 6.07) is 0. The summed E-state index contributed by atoms with van der Waals surface area (Å²) in [7, 11) is 0. The fraction of sp³-hybridized carbons (Fsp3) is 0.778. The highest BCUT2D eigenvalue weighted by Gasteiger charge is 2.24. The molecule has 2 heteroatoms. The lowest BCUT2D eigenvalue weighted by molar-refractivity contribution is 0.0767. The summed E-state index contributed by atoms with van der Waals surface area (Å²) in [6.07, 6.45) is 4.47. The Morgan fingerprint density at radius 3 is 2.91 bits per heavy atom. The number of hydrogen-bond acceptors (Lipinski definition) is 2. The average molecular weight is 156 g/mol. The fourth-order valence-electron chi connectivity index (χ4n) is 1.19. The maximum Gasteiger partial charge on any atom is 0.0876 e. The highest BCUT2D eigenvalue weighted by molar-refractivity contribution is 5.13. The molecule has 0 aromatic heterocycles. The lowest BCUT2D eigenvalue weighted by atomic mass is 9.90. The summed E-state index contributed by atoms with van der Waals surface area (Å²) in [6.45, 7) is 4.62. The Kier molecular flexibility index (Phi) is 2.55. The van der Waals surface area contributed by atoms with Gasteiger partial charge in [-0.1, -0.05) is 6.92 Å². The van der Waals surface area contributed by atoms with Crippen molar-refractivity contribution in [2.24, 2.45) is 0 Å². The molecule has 1 aliphatic heterocycles. The molecule has 0 aromatic carbocycles. The molecule has 0 saturated heterocycles. The molecule has 11 heavy (non-hydrogen) atoms. The van der Waals surface area contributed by atoms with E-state index in [4.69, 9.17) is 4.74 Å². The summed E-state index contributed by atoms with van der Waals surface area (Å²) < 4.78 is 5.15. The van der Waals surface area contributed by atoms with E-state index < -0.39 is 5.60 Å². The predicted molar refractivity (Wildman–Crippen MR) is 44.2 cm³/mol. The van der Waals surface area contributed by atoms with Gasteiger partial charge in [-0.15, -0.1) is 0 Å². The quantitative estimate of drug-likeness (QED) is 0.661. The number of ether oxygens (including phenoxy) is 1. The summed E-state index contributed by atoms with van der Waals surface area (Å²) in [4.78, 5) is 0. The molecular weight excluding hydrogens is 140 g/mol. The zero-order chi connectivity index (χ0) is 8.32. The molecule has 1 unspecified atom stereocenters. The zero-order valence-electron chi connectivity index (χ0n) is 7.26. The normalized spacial score (nSPS) is 23.4. The van der Waals surface area contributed by atoms with E-state index in [1.54, 1.807) is 6.26 Å². The van der Waals surface area contributed by atoms with Gasteiger partial charge in [0, 0.05) is 0 Å². The number of rotatable bonds is 2. The maximum absolute atomic E-state index is 9.80. The highest BCUT2D eigenvalue weighted by Crippen LogP contribution is 2.26. The van der Waals surface area contributed by atoms with Crippen LogP contribution in [-0.4, -0.2) is 17.3 Å². The Bertz CT molecular complexity index is 159. The Balaban J connectivity index is 2.64. The van der Waals surface area contributed by atoms with Gasteiger partial charge in [0.25, 0.3) is 0 Å². The van der Waals surface area contributed by atoms with Crippen molar-refractivity contribution >= 4 is 0 Å².